The summed E-state index contributed by atoms with van der Waals surface area (Å²) < 4.78 is 40.4. The van der Waals surface area contributed by atoms with E-state index in [4.69, 9.17) is 0 Å². The number of sulfonamides is 1. The van der Waals surface area contributed by atoms with Gasteiger partial charge in [-0.3, -0.25) is 0 Å². The molecular weight excluding hydrogens is 293 g/mol. The monoisotopic (exact) mass is 315 g/mol. The number of hydrogen-bond acceptors (Lipinski definition) is 4. The van der Waals surface area contributed by atoms with E-state index >= 15 is 0 Å². The van der Waals surface area contributed by atoms with Gasteiger partial charge < -0.3 is 10.2 Å². The lowest BCUT2D eigenvalue weighted by molar-refractivity contribution is 0.222. The standard InChI is InChI=1S/C14H22FN3O2S/c1-3-16-11-12-4-5-13(15)10-14(12)21(19,20)18-8-6-17(2)7-9-18/h4-5,10,16H,3,6-9,11H2,1-2H3. The Kier molecular flexibility index (Phi) is 5.32. The number of halogens is 1. The minimum absolute atomic E-state index is 0.0769. The first-order valence-corrected chi connectivity index (χ1v) is 8.57. The highest BCUT2D eigenvalue weighted by atomic mass is 32.2. The highest BCUT2D eigenvalue weighted by molar-refractivity contribution is 7.89. The van der Waals surface area contributed by atoms with E-state index in [1.54, 1.807) is 6.07 Å². The molecule has 1 fully saturated rings. The fourth-order valence-corrected chi connectivity index (χ4v) is 4.00. The number of benzene rings is 1. The Morgan fingerprint density at radius 2 is 1.90 bits per heavy atom. The number of nitrogens with zero attached hydrogens (tertiary/aromatic N) is 2. The predicted octanol–water partition coefficient (Wildman–Crippen LogP) is 0.871. The van der Waals surface area contributed by atoms with Gasteiger partial charge in [0.1, 0.15) is 5.82 Å². The minimum atomic E-state index is -3.64. The second-order valence-electron chi connectivity index (χ2n) is 5.24. The van der Waals surface area contributed by atoms with Gasteiger partial charge in [-0.1, -0.05) is 13.0 Å². The molecule has 0 amide bonds. The molecule has 1 aromatic carbocycles. The quantitative estimate of drug-likeness (QED) is 0.876. The van der Waals surface area contributed by atoms with Gasteiger partial charge in [0.2, 0.25) is 10.0 Å². The van der Waals surface area contributed by atoms with Crippen molar-refractivity contribution in [3.63, 3.8) is 0 Å². The van der Waals surface area contributed by atoms with Crippen LogP contribution in [0.5, 0.6) is 0 Å². The van der Waals surface area contributed by atoms with Crippen molar-refractivity contribution in [2.45, 2.75) is 18.4 Å². The van der Waals surface area contributed by atoms with Crippen molar-refractivity contribution in [3.05, 3.63) is 29.6 Å². The average molecular weight is 315 g/mol. The van der Waals surface area contributed by atoms with E-state index in [-0.39, 0.29) is 4.90 Å². The molecule has 0 spiro atoms. The van der Waals surface area contributed by atoms with Gasteiger partial charge in [0.05, 0.1) is 4.90 Å². The van der Waals surface area contributed by atoms with E-state index in [0.29, 0.717) is 38.3 Å². The summed E-state index contributed by atoms with van der Waals surface area (Å²) in [6.07, 6.45) is 0. The number of rotatable bonds is 5. The second kappa shape index (κ2) is 6.83. The smallest absolute Gasteiger partial charge is 0.243 e. The van der Waals surface area contributed by atoms with E-state index in [2.05, 4.69) is 10.2 Å². The van der Waals surface area contributed by atoms with Crippen LogP contribution in [-0.2, 0) is 16.6 Å². The number of nitrogens with one attached hydrogen (secondary N) is 1. The maximum atomic E-state index is 13.5. The maximum Gasteiger partial charge on any atom is 0.243 e. The van der Waals surface area contributed by atoms with E-state index in [1.807, 2.05) is 14.0 Å². The van der Waals surface area contributed by atoms with Gasteiger partial charge in [-0.25, -0.2) is 12.8 Å². The van der Waals surface area contributed by atoms with Crippen LogP contribution in [0.15, 0.2) is 23.1 Å². The van der Waals surface area contributed by atoms with E-state index in [9.17, 15) is 12.8 Å². The Hall–Kier alpha value is -1.02. The molecule has 0 saturated carbocycles. The highest BCUT2D eigenvalue weighted by Crippen LogP contribution is 2.22. The fraction of sp³-hybridized carbons (Fsp3) is 0.571. The summed E-state index contributed by atoms with van der Waals surface area (Å²) >= 11 is 0. The lowest BCUT2D eigenvalue weighted by Gasteiger charge is -2.32. The predicted molar refractivity (Wildman–Crippen MR) is 80.0 cm³/mol. The number of hydrogen-bond donors (Lipinski definition) is 1. The zero-order chi connectivity index (χ0) is 15.5. The molecule has 1 aromatic rings. The molecular formula is C14H22FN3O2S. The van der Waals surface area contributed by atoms with Crippen LogP contribution < -0.4 is 5.32 Å². The summed E-state index contributed by atoms with van der Waals surface area (Å²) in [7, 11) is -1.68. The van der Waals surface area contributed by atoms with Gasteiger partial charge in [-0.2, -0.15) is 4.31 Å². The summed E-state index contributed by atoms with van der Waals surface area (Å²) in [5.41, 5.74) is 0.608. The van der Waals surface area contributed by atoms with Crippen molar-refractivity contribution in [3.8, 4) is 0 Å². The lowest BCUT2D eigenvalue weighted by atomic mass is 10.2. The van der Waals surface area contributed by atoms with Crippen molar-refractivity contribution in [2.75, 3.05) is 39.8 Å². The largest absolute Gasteiger partial charge is 0.313 e. The third-order valence-corrected chi connectivity index (χ3v) is 5.66. The van der Waals surface area contributed by atoms with Gasteiger partial charge in [-0.15, -0.1) is 0 Å². The van der Waals surface area contributed by atoms with Crippen LogP contribution in [0.25, 0.3) is 0 Å². The molecule has 0 unspecified atom stereocenters. The molecule has 1 aliphatic rings. The molecule has 1 aliphatic heterocycles. The summed E-state index contributed by atoms with van der Waals surface area (Å²) in [5.74, 6) is -0.525. The molecule has 2 rings (SSSR count). The molecule has 118 valence electrons. The van der Waals surface area contributed by atoms with Crippen LogP contribution in [0.4, 0.5) is 4.39 Å². The maximum absolute atomic E-state index is 13.5. The van der Waals surface area contributed by atoms with E-state index < -0.39 is 15.8 Å². The molecule has 5 nitrogen and oxygen atoms in total. The number of piperazine rings is 1. The Labute approximate surface area is 125 Å². The highest BCUT2D eigenvalue weighted by Gasteiger charge is 2.29. The SMILES string of the molecule is CCNCc1ccc(F)cc1S(=O)(=O)N1CCN(C)CC1. The van der Waals surface area contributed by atoms with E-state index in [0.717, 1.165) is 12.6 Å². The Balaban J connectivity index is 2.32. The number of likely N-dealkylation sites (N-methyl/N-ethyl adjacent to an activating group) is 1. The van der Waals surface area contributed by atoms with Gasteiger partial charge in [0.15, 0.2) is 0 Å². The average Bonchev–Trinajstić information content (AvgIpc) is 2.46. The third kappa shape index (κ3) is 3.79. The molecule has 1 N–H and O–H groups in total. The molecule has 0 aromatic heterocycles. The minimum Gasteiger partial charge on any atom is -0.313 e. The van der Waals surface area contributed by atoms with Crippen LogP contribution in [0.2, 0.25) is 0 Å². The molecule has 7 heteroatoms. The van der Waals surface area contributed by atoms with Crippen molar-refractivity contribution < 1.29 is 12.8 Å². The Morgan fingerprint density at radius 1 is 1.24 bits per heavy atom. The van der Waals surface area contributed by atoms with E-state index in [1.165, 1.54) is 10.4 Å². The zero-order valence-electron chi connectivity index (χ0n) is 12.5. The first kappa shape index (κ1) is 16.4. The summed E-state index contributed by atoms with van der Waals surface area (Å²) in [5, 5.41) is 3.09. The van der Waals surface area contributed by atoms with Crippen LogP contribution in [0.3, 0.4) is 0 Å². The van der Waals surface area contributed by atoms with Gasteiger partial charge >= 0.3 is 0 Å². The van der Waals surface area contributed by atoms with Crippen molar-refractivity contribution in [1.29, 1.82) is 0 Å². The molecule has 1 saturated heterocycles. The normalized spacial score (nSPS) is 18.0. The summed E-state index contributed by atoms with van der Waals surface area (Å²) in [6, 6.07) is 3.97. The van der Waals surface area contributed by atoms with Crippen LogP contribution >= 0.6 is 0 Å². The Morgan fingerprint density at radius 3 is 2.52 bits per heavy atom. The summed E-state index contributed by atoms with van der Waals surface area (Å²) in [4.78, 5) is 2.16. The van der Waals surface area contributed by atoms with Gasteiger partial charge in [-0.05, 0) is 31.3 Å². The molecule has 0 aliphatic carbocycles. The van der Waals surface area contributed by atoms with Crippen LogP contribution in [-0.4, -0.2) is 57.4 Å². The second-order valence-corrected chi connectivity index (χ2v) is 7.15. The first-order chi connectivity index (χ1) is 9.95. The first-order valence-electron chi connectivity index (χ1n) is 7.13. The van der Waals surface area contributed by atoms with Crippen molar-refractivity contribution in [2.24, 2.45) is 0 Å². The van der Waals surface area contributed by atoms with Gasteiger partial charge in [0, 0.05) is 32.7 Å². The van der Waals surface area contributed by atoms with Crippen molar-refractivity contribution >= 4 is 10.0 Å². The fourth-order valence-electron chi connectivity index (χ4n) is 2.34. The topological polar surface area (TPSA) is 52.7 Å². The Bertz CT molecular complexity index is 584. The molecule has 0 radical (unpaired) electrons. The molecule has 1 heterocycles. The zero-order valence-corrected chi connectivity index (χ0v) is 13.3. The third-order valence-electron chi connectivity index (χ3n) is 3.67. The lowest BCUT2D eigenvalue weighted by Crippen LogP contribution is -2.47. The molecule has 0 atom stereocenters. The summed E-state index contributed by atoms with van der Waals surface area (Å²) in [6.45, 7) is 5.35. The van der Waals surface area contributed by atoms with Gasteiger partial charge in [0.25, 0.3) is 0 Å². The molecule has 0 bridgehead atoms. The van der Waals surface area contributed by atoms with Crippen molar-refractivity contribution in [1.82, 2.24) is 14.5 Å². The molecule has 21 heavy (non-hydrogen) atoms. The van der Waals surface area contributed by atoms with Crippen LogP contribution in [0.1, 0.15) is 12.5 Å². The van der Waals surface area contributed by atoms with Crippen LogP contribution in [0, 0.1) is 5.82 Å².